The molecule has 96 valence electrons. The number of rotatable bonds is 6. The van der Waals surface area contributed by atoms with Gasteiger partial charge in [-0.2, -0.15) is 0 Å². The first kappa shape index (κ1) is 14.1. The fraction of sp³-hybridized carbons (Fsp3) is 0.357. The molecular weight excluding hydrogens is 232 g/mol. The molecule has 0 N–H and O–H groups in total. The summed E-state index contributed by atoms with van der Waals surface area (Å²) in [6, 6.07) is 8.99. The van der Waals surface area contributed by atoms with Crippen LogP contribution in [0.15, 0.2) is 30.3 Å². The van der Waals surface area contributed by atoms with Crippen molar-refractivity contribution in [2.75, 3.05) is 6.61 Å². The zero-order chi connectivity index (χ0) is 13.5. The quantitative estimate of drug-likeness (QED) is 0.566. The number of carbonyl (C=O) groups excluding carboxylic acids is 3. The van der Waals surface area contributed by atoms with E-state index < -0.39 is 23.5 Å². The number of hydrogen-bond donors (Lipinski definition) is 0. The lowest BCUT2D eigenvalue weighted by Gasteiger charge is -2.11. The van der Waals surface area contributed by atoms with E-state index in [1.54, 1.807) is 31.2 Å². The van der Waals surface area contributed by atoms with Crippen LogP contribution in [0.25, 0.3) is 0 Å². The third kappa shape index (κ3) is 3.80. The summed E-state index contributed by atoms with van der Waals surface area (Å²) in [5.41, 5.74) is 0.776. The fourth-order valence-corrected chi connectivity index (χ4v) is 1.65. The van der Waals surface area contributed by atoms with Crippen LogP contribution in [0.2, 0.25) is 0 Å². The summed E-state index contributed by atoms with van der Waals surface area (Å²) in [6.45, 7) is 3.02. The van der Waals surface area contributed by atoms with Gasteiger partial charge < -0.3 is 4.74 Å². The SMILES string of the molecule is CCOC(=O)C(C(C)=O)C(=O)Cc1ccccc1. The molecule has 1 atom stereocenters. The van der Waals surface area contributed by atoms with Gasteiger partial charge in [-0.1, -0.05) is 30.3 Å². The lowest BCUT2D eigenvalue weighted by atomic mass is 9.95. The van der Waals surface area contributed by atoms with E-state index >= 15 is 0 Å². The Morgan fingerprint density at radius 1 is 1.17 bits per heavy atom. The zero-order valence-electron chi connectivity index (χ0n) is 10.5. The van der Waals surface area contributed by atoms with Gasteiger partial charge in [0.1, 0.15) is 0 Å². The monoisotopic (exact) mass is 248 g/mol. The molecule has 0 bridgehead atoms. The Labute approximate surface area is 106 Å². The number of Topliss-reactive ketones (excluding diaryl/α,β-unsaturated/α-hetero) is 2. The Morgan fingerprint density at radius 3 is 2.28 bits per heavy atom. The lowest BCUT2D eigenvalue weighted by Crippen LogP contribution is -2.33. The topological polar surface area (TPSA) is 60.4 Å². The van der Waals surface area contributed by atoms with E-state index in [1.807, 2.05) is 6.07 Å². The third-order valence-corrected chi connectivity index (χ3v) is 2.47. The third-order valence-electron chi connectivity index (χ3n) is 2.47. The second-order valence-corrected chi connectivity index (χ2v) is 3.92. The number of ketones is 2. The number of benzene rings is 1. The van der Waals surface area contributed by atoms with Crippen LogP contribution in [0, 0.1) is 5.92 Å². The largest absolute Gasteiger partial charge is 0.465 e. The highest BCUT2D eigenvalue weighted by molar-refractivity contribution is 6.16. The van der Waals surface area contributed by atoms with Gasteiger partial charge in [-0.15, -0.1) is 0 Å². The average molecular weight is 248 g/mol. The molecule has 0 aliphatic rings. The molecule has 0 amide bonds. The zero-order valence-corrected chi connectivity index (χ0v) is 10.5. The molecule has 0 saturated heterocycles. The number of esters is 1. The maximum absolute atomic E-state index is 11.9. The molecule has 0 saturated carbocycles. The van der Waals surface area contributed by atoms with Crippen molar-refractivity contribution in [1.29, 1.82) is 0 Å². The van der Waals surface area contributed by atoms with Crippen LogP contribution >= 0.6 is 0 Å². The van der Waals surface area contributed by atoms with E-state index in [-0.39, 0.29) is 13.0 Å². The van der Waals surface area contributed by atoms with Crippen LogP contribution in [0.3, 0.4) is 0 Å². The molecule has 0 aliphatic heterocycles. The highest BCUT2D eigenvalue weighted by Gasteiger charge is 2.31. The van der Waals surface area contributed by atoms with Crippen molar-refractivity contribution < 1.29 is 19.1 Å². The molecule has 4 heteroatoms. The van der Waals surface area contributed by atoms with E-state index in [9.17, 15) is 14.4 Å². The minimum atomic E-state index is -1.30. The summed E-state index contributed by atoms with van der Waals surface area (Å²) in [7, 11) is 0. The Balaban J connectivity index is 2.78. The predicted molar refractivity (Wildman–Crippen MR) is 66.0 cm³/mol. The molecule has 1 unspecified atom stereocenters. The number of ether oxygens (including phenoxy) is 1. The molecule has 1 aromatic carbocycles. The van der Waals surface area contributed by atoms with Crippen LogP contribution in [-0.4, -0.2) is 24.1 Å². The first-order valence-corrected chi connectivity index (χ1v) is 5.80. The Kier molecular flexibility index (Phi) is 5.24. The molecule has 0 aliphatic carbocycles. The first-order valence-electron chi connectivity index (χ1n) is 5.80. The van der Waals surface area contributed by atoms with Crippen molar-refractivity contribution in [3.05, 3.63) is 35.9 Å². The van der Waals surface area contributed by atoms with Crippen molar-refractivity contribution in [3.63, 3.8) is 0 Å². The molecule has 1 rings (SSSR count). The van der Waals surface area contributed by atoms with E-state index in [0.29, 0.717) is 0 Å². The standard InChI is InChI=1S/C14H16O4/c1-3-18-14(17)13(10(2)15)12(16)9-11-7-5-4-6-8-11/h4-8,13H,3,9H2,1-2H3. The van der Waals surface area contributed by atoms with Crippen molar-refractivity contribution in [2.24, 2.45) is 5.92 Å². The van der Waals surface area contributed by atoms with Gasteiger partial charge in [0.2, 0.25) is 0 Å². The number of hydrogen-bond acceptors (Lipinski definition) is 4. The van der Waals surface area contributed by atoms with Crippen LogP contribution in [-0.2, 0) is 25.5 Å². The molecule has 0 aromatic heterocycles. The highest BCUT2D eigenvalue weighted by atomic mass is 16.5. The summed E-state index contributed by atoms with van der Waals surface area (Å²) >= 11 is 0. The second kappa shape index (κ2) is 6.69. The van der Waals surface area contributed by atoms with Gasteiger partial charge in [0.15, 0.2) is 17.5 Å². The Morgan fingerprint density at radius 2 is 1.78 bits per heavy atom. The van der Waals surface area contributed by atoms with Crippen LogP contribution < -0.4 is 0 Å². The van der Waals surface area contributed by atoms with Crippen molar-refractivity contribution in [3.8, 4) is 0 Å². The smallest absolute Gasteiger partial charge is 0.324 e. The minimum absolute atomic E-state index is 0.0594. The maximum atomic E-state index is 11.9. The van der Waals surface area contributed by atoms with E-state index in [4.69, 9.17) is 4.74 Å². The van der Waals surface area contributed by atoms with Crippen LogP contribution in [0.1, 0.15) is 19.4 Å². The fourth-order valence-electron chi connectivity index (χ4n) is 1.65. The molecule has 4 nitrogen and oxygen atoms in total. The summed E-state index contributed by atoms with van der Waals surface area (Å²) < 4.78 is 4.74. The predicted octanol–water partition coefficient (Wildman–Crippen LogP) is 1.57. The van der Waals surface area contributed by atoms with E-state index in [2.05, 4.69) is 0 Å². The molecule has 1 aromatic rings. The van der Waals surface area contributed by atoms with Gasteiger partial charge in [-0.3, -0.25) is 14.4 Å². The maximum Gasteiger partial charge on any atom is 0.324 e. The summed E-state index contributed by atoms with van der Waals surface area (Å²) in [5, 5.41) is 0. The number of carbonyl (C=O) groups is 3. The normalized spacial score (nSPS) is 11.7. The Hall–Kier alpha value is -1.97. The van der Waals surface area contributed by atoms with E-state index in [1.165, 1.54) is 6.92 Å². The molecule has 0 heterocycles. The van der Waals surface area contributed by atoms with Crippen molar-refractivity contribution >= 4 is 17.5 Å². The van der Waals surface area contributed by atoms with Gasteiger partial charge in [0, 0.05) is 6.42 Å². The Bertz CT molecular complexity index is 436. The molecular formula is C14H16O4. The van der Waals surface area contributed by atoms with Gasteiger partial charge in [0.25, 0.3) is 0 Å². The summed E-state index contributed by atoms with van der Waals surface area (Å²) in [4.78, 5) is 34.9. The van der Waals surface area contributed by atoms with Crippen LogP contribution in [0.5, 0.6) is 0 Å². The van der Waals surface area contributed by atoms with E-state index in [0.717, 1.165) is 5.56 Å². The molecule has 0 fully saturated rings. The van der Waals surface area contributed by atoms with Gasteiger partial charge in [0.05, 0.1) is 6.61 Å². The van der Waals surface area contributed by atoms with Gasteiger partial charge in [-0.25, -0.2) is 0 Å². The first-order chi connectivity index (χ1) is 8.56. The van der Waals surface area contributed by atoms with Crippen LogP contribution in [0.4, 0.5) is 0 Å². The average Bonchev–Trinajstić information content (AvgIpc) is 2.30. The second-order valence-electron chi connectivity index (χ2n) is 3.92. The van der Waals surface area contributed by atoms with Gasteiger partial charge >= 0.3 is 5.97 Å². The summed E-state index contributed by atoms with van der Waals surface area (Å²) in [6.07, 6.45) is 0.0594. The van der Waals surface area contributed by atoms with Gasteiger partial charge in [-0.05, 0) is 19.4 Å². The lowest BCUT2D eigenvalue weighted by molar-refractivity contribution is -0.154. The summed E-state index contributed by atoms with van der Waals surface area (Å²) in [5.74, 6) is -2.96. The minimum Gasteiger partial charge on any atom is -0.465 e. The molecule has 0 spiro atoms. The highest BCUT2D eigenvalue weighted by Crippen LogP contribution is 2.09. The molecule has 0 radical (unpaired) electrons. The molecule has 18 heavy (non-hydrogen) atoms. The van der Waals surface area contributed by atoms with Crippen molar-refractivity contribution in [2.45, 2.75) is 20.3 Å². The van der Waals surface area contributed by atoms with Crippen molar-refractivity contribution in [1.82, 2.24) is 0 Å².